The first-order chi connectivity index (χ1) is 4.74. The van der Waals surface area contributed by atoms with E-state index < -0.39 is 0 Å². The molecule has 0 aromatic heterocycles. The molecule has 1 heterocycles. The van der Waals surface area contributed by atoms with Crippen molar-refractivity contribution in [1.82, 2.24) is 10.6 Å². The van der Waals surface area contributed by atoms with Crippen LogP contribution in [0.3, 0.4) is 0 Å². The van der Waals surface area contributed by atoms with Crippen molar-refractivity contribution in [1.29, 1.82) is 0 Å². The highest BCUT2D eigenvalue weighted by molar-refractivity contribution is 6.21. The number of amidine groups is 1. The highest BCUT2D eigenvalue weighted by Gasteiger charge is 2.08. The molecule has 1 atom stereocenters. The molecule has 2 N–H and O–H groups in total. The predicted molar refractivity (Wildman–Crippen MR) is 43.0 cm³/mol. The maximum absolute atomic E-state index is 5.67. The Morgan fingerprint density at radius 3 is 3.00 bits per heavy atom. The summed E-state index contributed by atoms with van der Waals surface area (Å²) in [5.41, 5.74) is 0.741. The zero-order valence-corrected chi connectivity index (χ0v) is 6.74. The van der Waals surface area contributed by atoms with Gasteiger partial charge in [-0.05, 0) is 6.92 Å². The second kappa shape index (κ2) is 2.92. The van der Waals surface area contributed by atoms with E-state index in [2.05, 4.69) is 15.6 Å². The van der Waals surface area contributed by atoms with Crippen LogP contribution >= 0.6 is 11.6 Å². The lowest BCUT2D eigenvalue weighted by Gasteiger charge is -2.15. The van der Waals surface area contributed by atoms with Crippen molar-refractivity contribution in [2.75, 3.05) is 7.05 Å². The second-order valence-electron chi connectivity index (χ2n) is 2.06. The Bertz CT molecular complexity index is 185. The number of aliphatic imine (C=N–C) groups is 1. The van der Waals surface area contributed by atoms with E-state index in [1.165, 1.54) is 0 Å². The minimum absolute atomic E-state index is 0.328. The Hall–Kier alpha value is -0.700. The third-order valence-electron chi connectivity index (χ3n) is 1.29. The lowest BCUT2D eigenvalue weighted by molar-refractivity contribution is 0.781. The van der Waals surface area contributed by atoms with E-state index in [1.807, 2.05) is 20.2 Å². The molecule has 3 nitrogen and oxygen atoms in total. The van der Waals surface area contributed by atoms with E-state index in [1.54, 1.807) is 0 Å². The summed E-state index contributed by atoms with van der Waals surface area (Å²) in [6, 6.07) is 0. The van der Waals surface area contributed by atoms with Gasteiger partial charge in [-0.15, -0.1) is 0 Å². The average molecular weight is 160 g/mol. The van der Waals surface area contributed by atoms with E-state index in [-0.39, 0.29) is 5.62 Å². The Labute approximate surface area is 65.2 Å². The monoisotopic (exact) mass is 159 g/mol. The van der Waals surface area contributed by atoms with Gasteiger partial charge in [-0.1, -0.05) is 11.6 Å². The number of alkyl halides is 1. The van der Waals surface area contributed by atoms with Gasteiger partial charge >= 0.3 is 0 Å². The van der Waals surface area contributed by atoms with Gasteiger partial charge in [0.2, 0.25) is 0 Å². The molecule has 0 aromatic carbocycles. The fourth-order valence-electron chi connectivity index (χ4n) is 0.776. The van der Waals surface area contributed by atoms with E-state index in [9.17, 15) is 0 Å². The molecular formula is C6H10ClN3. The van der Waals surface area contributed by atoms with Crippen molar-refractivity contribution < 1.29 is 0 Å². The van der Waals surface area contributed by atoms with E-state index in [0.29, 0.717) is 0 Å². The molecule has 10 heavy (non-hydrogen) atoms. The molecule has 0 radical (unpaired) electrons. The van der Waals surface area contributed by atoms with Crippen molar-refractivity contribution in [3.8, 4) is 0 Å². The number of hydrogen-bond donors (Lipinski definition) is 2. The standard InChI is InChI=1S/C6H10ClN3/c1-4-3-9-6(7)10-5(4)8-2/h3,6,9H,1-2H3,(H,8,10). The van der Waals surface area contributed by atoms with Gasteiger partial charge < -0.3 is 10.6 Å². The molecule has 1 rings (SSSR count). The molecule has 0 spiro atoms. The number of halogens is 1. The van der Waals surface area contributed by atoms with Crippen LogP contribution in [0.1, 0.15) is 6.92 Å². The van der Waals surface area contributed by atoms with Gasteiger partial charge in [-0.2, -0.15) is 0 Å². The SMILES string of the molecule is CNC1=NC(Cl)NC=C1C. The first-order valence-corrected chi connectivity index (χ1v) is 3.50. The number of nitrogens with one attached hydrogen (secondary N) is 2. The summed E-state index contributed by atoms with van der Waals surface area (Å²) >= 11 is 5.67. The minimum Gasteiger partial charge on any atom is -0.373 e. The zero-order valence-electron chi connectivity index (χ0n) is 5.98. The largest absolute Gasteiger partial charge is 0.373 e. The molecule has 1 aliphatic rings. The van der Waals surface area contributed by atoms with Crippen LogP contribution in [0.15, 0.2) is 16.8 Å². The Morgan fingerprint density at radius 2 is 2.50 bits per heavy atom. The maximum Gasteiger partial charge on any atom is 0.197 e. The van der Waals surface area contributed by atoms with Crippen molar-refractivity contribution in [3.63, 3.8) is 0 Å². The number of nitrogens with zero attached hydrogens (tertiary/aromatic N) is 1. The summed E-state index contributed by atoms with van der Waals surface area (Å²) < 4.78 is 0. The summed E-state index contributed by atoms with van der Waals surface area (Å²) in [7, 11) is 1.82. The van der Waals surface area contributed by atoms with Crippen LogP contribution in [0, 0.1) is 0 Å². The molecule has 0 amide bonds. The highest BCUT2D eigenvalue weighted by Crippen LogP contribution is 2.04. The summed E-state index contributed by atoms with van der Waals surface area (Å²) in [5.74, 6) is 0.846. The molecule has 0 aromatic rings. The van der Waals surface area contributed by atoms with Crippen LogP contribution in [0.5, 0.6) is 0 Å². The first-order valence-electron chi connectivity index (χ1n) is 3.07. The third-order valence-corrected chi connectivity index (χ3v) is 1.51. The second-order valence-corrected chi connectivity index (χ2v) is 2.47. The van der Waals surface area contributed by atoms with Gasteiger partial charge in [0, 0.05) is 18.8 Å². The molecule has 0 aliphatic carbocycles. The summed E-state index contributed by atoms with van der Waals surface area (Å²) in [4.78, 5) is 4.07. The lowest BCUT2D eigenvalue weighted by Crippen LogP contribution is -2.30. The average Bonchev–Trinajstić information content (AvgIpc) is 1.94. The Balaban J connectivity index is 2.74. The molecule has 1 unspecified atom stereocenters. The summed E-state index contributed by atoms with van der Waals surface area (Å²) in [6.45, 7) is 1.96. The van der Waals surface area contributed by atoms with Crippen LogP contribution in [-0.2, 0) is 0 Å². The smallest absolute Gasteiger partial charge is 0.197 e. The van der Waals surface area contributed by atoms with Crippen molar-refractivity contribution >= 4 is 17.4 Å². The van der Waals surface area contributed by atoms with Crippen LogP contribution < -0.4 is 10.6 Å². The van der Waals surface area contributed by atoms with Crippen LogP contribution in [0.2, 0.25) is 0 Å². The zero-order chi connectivity index (χ0) is 7.56. The molecule has 0 saturated carbocycles. The summed E-state index contributed by atoms with van der Waals surface area (Å²) in [5, 5.41) is 5.81. The van der Waals surface area contributed by atoms with Crippen molar-refractivity contribution in [2.45, 2.75) is 12.5 Å². The molecule has 0 saturated heterocycles. The fourth-order valence-corrected chi connectivity index (χ4v) is 0.937. The first kappa shape index (κ1) is 7.41. The van der Waals surface area contributed by atoms with Crippen LogP contribution in [0.4, 0.5) is 0 Å². The van der Waals surface area contributed by atoms with Gasteiger partial charge in [0.1, 0.15) is 5.84 Å². The molecule has 56 valence electrons. The third kappa shape index (κ3) is 1.42. The lowest BCUT2D eigenvalue weighted by atomic mass is 10.3. The van der Waals surface area contributed by atoms with Gasteiger partial charge in [0.05, 0.1) is 0 Å². The van der Waals surface area contributed by atoms with E-state index >= 15 is 0 Å². The maximum atomic E-state index is 5.67. The number of hydrogen-bond acceptors (Lipinski definition) is 3. The molecule has 1 aliphatic heterocycles. The van der Waals surface area contributed by atoms with Crippen molar-refractivity contribution in [2.24, 2.45) is 4.99 Å². The quantitative estimate of drug-likeness (QED) is 0.402. The summed E-state index contributed by atoms with van der Waals surface area (Å²) in [6.07, 6.45) is 1.84. The minimum atomic E-state index is -0.328. The highest BCUT2D eigenvalue weighted by atomic mass is 35.5. The molecule has 0 bridgehead atoms. The Kier molecular flexibility index (Phi) is 2.17. The van der Waals surface area contributed by atoms with Gasteiger partial charge in [0.25, 0.3) is 0 Å². The molecular weight excluding hydrogens is 150 g/mol. The number of rotatable bonds is 0. The molecule has 4 heteroatoms. The van der Waals surface area contributed by atoms with Crippen molar-refractivity contribution in [3.05, 3.63) is 11.8 Å². The Morgan fingerprint density at radius 1 is 1.80 bits per heavy atom. The van der Waals surface area contributed by atoms with Gasteiger partial charge in [-0.3, -0.25) is 0 Å². The fraction of sp³-hybridized carbons (Fsp3) is 0.500. The van der Waals surface area contributed by atoms with Crippen LogP contribution in [0.25, 0.3) is 0 Å². The van der Waals surface area contributed by atoms with Crippen LogP contribution in [-0.4, -0.2) is 18.5 Å². The topological polar surface area (TPSA) is 36.4 Å². The molecule has 0 fully saturated rings. The van der Waals surface area contributed by atoms with E-state index in [4.69, 9.17) is 11.6 Å². The number of likely N-dealkylation sites (N-methyl/N-ethyl adjacent to an activating group) is 1. The van der Waals surface area contributed by atoms with Gasteiger partial charge in [-0.25, -0.2) is 4.99 Å². The van der Waals surface area contributed by atoms with Gasteiger partial charge in [0.15, 0.2) is 5.62 Å². The normalized spacial score (nSPS) is 24.5. The van der Waals surface area contributed by atoms with E-state index in [0.717, 1.165) is 11.4 Å². The predicted octanol–water partition coefficient (Wildman–Crippen LogP) is 0.634.